The third-order valence-electron chi connectivity index (χ3n) is 2.76. The first-order chi connectivity index (χ1) is 8.40. The van der Waals surface area contributed by atoms with Crippen LogP contribution in [-0.4, -0.2) is 35.0 Å². The number of halogens is 3. The summed E-state index contributed by atoms with van der Waals surface area (Å²) in [4.78, 5) is 23.6. The maximum Gasteiger partial charge on any atom is 0.310 e. The van der Waals surface area contributed by atoms with Gasteiger partial charge in [0, 0.05) is 13.1 Å². The maximum atomic E-state index is 13.0. The summed E-state index contributed by atoms with van der Waals surface area (Å²) in [5.74, 6) is -4.51. The van der Waals surface area contributed by atoms with Gasteiger partial charge in [-0.25, -0.2) is 8.78 Å². The third kappa shape index (κ3) is 2.15. The van der Waals surface area contributed by atoms with Gasteiger partial charge in [-0.05, 0) is 12.1 Å². The zero-order chi connectivity index (χ0) is 13.4. The standard InChI is InChI=1S/C11H8ClF2NO3/c12-7-2-9(14)8(13)1-6(7)10(16)15-3-5(4-15)11(17)18/h1-2,5H,3-4H2,(H,17,18). The average molecular weight is 276 g/mol. The van der Waals surface area contributed by atoms with E-state index in [0.717, 1.165) is 6.07 Å². The second-order valence-corrected chi connectivity index (χ2v) is 4.40. The highest BCUT2D eigenvalue weighted by Crippen LogP contribution is 2.25. The van der Waals surface area contributed by atoms with Crippen molar-refractivity contribution in [2.45, 2.75) is 0 Å². The van der Waals surface area contributed by atoms with Gasteiger partial charge in [-0.15, -0.1) is 0 Å². The molecule has 1 aromatic rings. The quantitative estimate of drug-likeness (QED) is 0.837. The van der Waals surface area contributed by atoms with Crippen molar-refractivity contribution < 1.29 is 23.5 Å². The first-order valence-corrected chi connectivity index (χ1v) is 5.44. The van der Waals surface area contributed by atoms with E-state index in [0.29, 0.717) is 6.07 Å². The van der Waals surface area contributed by atoms with E-state index in [9.17, 15) is 18.4 Å². The van der Waals surface area contributed by atoms with Gasteiger partial charge in [-0.2, -0.15) is 0 Å². The largest absolute Gasteiger partial charge is 0.481 e. The van der Waals surface area contributed by atoms with Crippen LogP contribution in [0.1, 0.15) is 10.4 Å². The van der Waals surface area contributed by atoms with Crippen LogP contribution in [0.3, 0.4) is 0 Å². The van der Waals surface area contributed by atoms with E-state index < -0.39 is 29.4 Å². The minimum absolute atomic E-state index is 0.0451. The van der Waals surface area contributed by atoms with Gasteiger partial charge < -0.3 is 10.0 Å². The van der Waals surface area contributed by atoms with Gasteiger partial charge in [-0.3, -0.25) is 9.59 Å². The van der Waals surface area contributed by atoms with Crippen LogP contribution in [0.15, 0.2) is 12.1 Å². The number of likely N-dealkylation sites (tertiary alicyclic amines) is 1. The van der Waals surface area contributed by atoms with Crippen molar-refractivity contribution in [3.05, 3.63) is 34.4 Å². The smallest absolute Gasteiger partial charge is 0.310 e. The first-order valence-electron chi connectivity index (χ1n) is 5.06. The molecule has 1 saturated heterocycles. The Morgan fingerprint density at radius 1 is 1.28 bits per heavy atom. The average Bonchev–Trinajstić information content (AvgIpc) is 2.20. The van der Waals surface area contributed by atoms with E-state index in [4.69, 9.17) is 16.7 Å². The summed E-state index contributed by atoms with van der Waals surface area (Å²) < 4.78 is 25.8. The van der Waals surface area contributed by atoms with Crippen LogP contribution in [0.2, 0.25) is 5.02 Å². The maximum absolute atomic E-state index is 13.0. The van der Waals surface area contributed by atoms with Crippen molar-refractivity contribution in [3.63, 3.8) is 0 Å². The van der Waals surface area contributed by atoms with Crippen LogP contribution in [-0.2, 0) is 4.79 Å². The summed E-state index contributed by atoms with van der Waals surface area (Å²) in [6.45, 7) is 0.0903. The van der Waals surface area contributed by atoms with Crippen LogP contribution >= 0.6 is 11.6 Å². The van der Waals surface area contributed by atoms with Crippen molar-refractivity contribution in [2.75, 3.05) is 13.1 Å². The number of rotatable bonds is 2. The van der Waals surface area contributed by atoms with E-state index in [-0.39, 0.29) is 23.7 Å². The van der Waals surface area contributed by atoms with Crippen LogP contribution in [0, 0.1) is 17.6 Å². The predicted molar refractivity (Wildman–Crippen MR) is 58.4 cm³/mol. The molecule has 2 rings (SSSR count). The van der Waals surface area contributed by atoms with Crippen LogP contribution in [0.5, 0.6) is 0 Å². The number of hydrogen-bond acceptors (Lipinski definition) is 2. The Kier molecular flexibility index (Phi) is 3.21. The van der Waals surface area contributed by atoms with Crippen molar-refractivity contribution in [3.8, 4) is 0 Å². The van der Waals surface area contributed by atoms with E-state index in [2.05, 4.69) is 0 Å². The van der Waals surface area contributed by atoms with Crippen LogP contribution in [0.25, 0.3) is 0 Å². The molecule has 1 aliphatic heterocycles. The fourth-order valence-corrected chi connectivity index (χ4v) is 1.89. The molecule has 0 aromatic heterocycles. The zero-order valence-corrected chi connectivity index (χ0v) is 9.75. The number of carbonyl (C=O) groups is 2. The SMILES string of the molecule is O=C(O)C1CN(C(=O)c2cc(F)c(F)cc2Cl)C1. The predicted octanol–water partition coefficient (Wildman–Crippen LogP) is 1.77. The molecule has 0 radical (unpaired) electrons. The Hall–Kier alpha value is -1.69. The van der Waals surface area contributed by atoms with Gasteiger partial charge in [-0.1, -0.05) is 11.6 Å². The molecule has 96 valence electrons. The van der Waals surface area contributed by atoms with Crippen molar-refractivity contribution >= 4 is 23.5 Å². The van der Waals surface area contributed by atoms with Gasteiger partial charge in [0.25, 0.3) is 5.91 Å². The molecular weight excluding hydrogens is 268 g/mol. The Labute approximate surface area is 106 Å². The lowest BCUT2D eigenvalue weighted by atomic mass is 9.99. The van der Waals surface area contributed by atoms with E-state index in [1.807, 2.05) is 0 Å². The molecule has 1 N–H and O–H groups in total. The molecule has 0 atom stereocenters. The topological polar surface area (TPSA) is 57.6 Å². The van der Waals surface area contributed by atoms with Gasteiger partial charge in [0.1, 0.15) is 0 Å². The van der Waals surface area contributed by atoms with E-state index in [1.165, 1.54) is 4.90 Å². The summed E-state index contributed by atoms with van der Waals surface area (Å²) in [7, 11) is 0. The van der Waals surface area contributed by atoms with Crippen molar-refractivity contribution in [1.82, 2.24) is 4.90 Å². The number of nitrogens with zero attached hydrogens (tertiary/aromatic N) is 1. The molecule has 0 unspecified atom stereocenters. The molecule has 0 aliphatic carbocycles. The monoisotopic (exact) mass is 275 g/mol. The van der Waals surface area contributed by atoms with Gasteiger partial charge in [0.15, 0.2) is 11.6 Å². The number of hydrogen-bond donors (Lipinski definition) is 1. The van der Waals surface area contributed by atoms with E-state index in [1.54, 1.807) is 0 Å². The summed E-state index contributed by atoms with van der Waals surface area (Å²) in [5.41, 5.74) is -0.167. The van der Waals surface area contributed by atoms with Gasteiger partial charge in [0.05, 0.1) is 16.5 Å². The molecule has 0 spiro atoms. The van der Waals surface area contributed by atoms with Crippen LogP contribution in [0.4, 0.5) is 8.78 Å². The number of carbonyl (C=O) groups excluding carboxylic acids is 1. The Morgan fingerprint density at radius 3 is 2.39 bits per heavy atom. The lowest BCUT2D eigenvalue weighted by Gasteiger charge is -2.36. The van der Waals surface area contributed by atoms with Crippen LogP contribution < -0.4 is 0 Å². The van der Waals surface area contributed by atoms with Crippen molar-refractivity contribution in [2.24, 2.45) is 5.92 Å². The fourth-order valence-electron chi connectivity index (χ4n) is 1.66. The van der Waals surface area contributed by atoms with Gasteiger partial charge in [0.2, 0.25) is 0 Å². The minimum atomic E-state index is -1.17. The fraction of sp³-hybridized carbons (Fsp3) is 0.273. The Bertz CT molecular complexity index is 529. The summed E-state index contributed by atoms with van der Waals surface area (Å²) >= 11 is 5.65. The number of benzene rings is 1. The molecule has 1 fully saturated rings. The second-order valence-electron chi connectivity index (χ2n) is 3.99. The number of aliphatic carboxylic acids is 1. The minimum Gasteiger partial charge on any atom is -0.481 e. The normalized spacial score (nSPS) is 15.4. The molecule has 7 heteroatoms. The Balaban J connectivity index is 2.16. The third-order valence-corrected chi connectivity index (χ3v) is 3.07. The molecule has 1 aliphatic rings. The lowest BCUT2D eigenvalue weighted by Crippen LogP contribution is -2.53. The molecule has 0 bridgehead atoms. The zero-order valence-electron chi connectivity index (χ0n) is 8.99. The van der Waals surface area contributed by atoms with E-state index >= 15 is 0 Å². The second kappa shape index (κ2) is 4.53. The lowest BCUT2D eigenvalue weighted by molar-refractivity contribution is -0.146. The molecular formula is C11H8ClF2NO3. The highest BCUT2D eigenvalue weighted by molar-refractivity contribution is 6.33. The molecule has 0 saturated carbocycles. The van der Waals surface area contributed by atoms with Crippen molar-refractivity contribution in [1.29, 1.82) is 0 Å². The summed E-state index contributed by atoms with van der Waals surface area (Å²) in [6, 6.07) is 1.44. The highest BCUT2D eigenvalue weighted by Gasteiger charge is 2.36. The molecule has 4 nitrogen and oxygen atoms in total. The number of carboxylic acid groups (broad SMARTS) is 1. The summed E-state index contributed by atoms with van der Waals surface area (Å²) in [5, 5.41) is 8.47. The number of carboxylic acids is 1. The molecule has 1 aromatic carbocycles. The Morgan fingerprint density at radius 2 is 1.83 bits per heavy atom. The number of amides is 1. The van der Waals surface area contributed by atoms with Gasteiger partial charge >= 0.3 is 5.97 Å². The summed E-state index contributed by atoms with van der Waals surface area (Å²) in [6.07, 6.45) is 0. The molecule has 18 heavy (non-hydrogen) atoms. The first kappa shape index (κ1) is 12.8. The highest BCUT2D eigenvalue weighted by atomic mass is 35.5. The molecule has 1 amide bonds. The molecule has 1 heterocycles.